The number of hydrogen-bond donors (Lipinski definition) is 1. The molecule has 2 heterocycles. The molecule has 14 heavy (non-hydrogen) atoms. The monoisotopic (exact) mass is 194 g/mol. The summed E-state index contributed by atoms with van der Waals surface area (Å²) in [6.45, 7) is 4.53. The third-order valence-corrected chi connectivity index (χ3v) is 2.83. The first-order valence-electron chi connectivity index (χ1n) is 5.25. The minimum atomic E-state index is 0.826. The van der Waals surface area contributed by atoms with Gasteiger partial charge < -0.3 is 14.6 Å². The van der Waals surface area contributed by atoms with Crippen LogP contribution >= 0.6 is 0 Å². The largest absolute Gasteiger partial charge is 0.472 e. The highest BCUT2D eigenvalue weighted by Crippen LogP contribution is 2.13. The maximum atomic E-state index is 5.01. The Hall–Kier alpha value is -0.800. The van der Waals surface area contributed by atoms with Gasteiger partial charge in [0.2, 0.25) is 0 Å². The maximum Gasteiger partial charge on any atom is 0.0947 e. The van der Waals surface area contributed by atoms with Crippen molar-refractivity contribution in [1.82, 2.24) is 10.2 Å². The van der Waals surface area contributed by atoms with Gasteiger partial charge in [-0.3, -0.25) is 0 Å². The summed E-state index contributed by atoms with van der Waals surface area (Å²) in [6.07, 6.45) is 4.85. The summed E-state index contributed by atoms with van der Waals surface area (Å²) in [7, 11) is 2.19. The van der Waals surface area contributed by atoms with Crippen LogP contribution in [0.1, 0.15) is 12.0 Å². The van der Waals surface area contributed by atoms with Crippen molar-refractivity contribution in [3.8, 4) is 0 Å². The molecule has 1 aromatic heterocycles. The van der Waals surface area contributed by atoms with E-state index in [9.17, 15) is 0 Å². The first kappa shape index (κ1) is 9.74. The summed E-state index contributed by atoms with van der Waals surface area (Å²) in [5, 5.41) is 3.46. The zero-order chi connectivity index (χ0) is 9.80. The van der Waals surface area contributed by atoms with E-state index < -0.39 is 0 Å². The standard InChI is InChI=1S/C11H18N2O/c1-13-4-2-10(8-13)6-12-7-11-3-5-14-9-11/h3,5,9-10,12H,2,4,6-8H2,1H3. The van der Waals surface area contributed by atoms with Gasteiger partial charge in [-0.2, -0.15) is 0 Å². The van der Waals surface area contributed by atoms with Crippen LogP contribution in [0.25, 0.3) is 0 Å². The molecule has 1 aliphatic heterocycles. The topological polar surface area (TPSA) is 28.4 Å². The van der Waals surface area contributed by atoms with E-state index in [1.807, 2.05) is 6.07 Å². The molecule has 0 aromatic carbocycles. The molecule has 3 heteroatoms. The van der Waals surface area contributed by atoms with Gasteiger partial charge >= 0.3 is 0 Å². The van der Waals surface area contributed by atoms with Gasteiger partial charge in [-0.05, 0) is 38.5 Å². The highest BCUT2D eigenvalue weighted by Gasteiger charge is 2.18. The average Bonchev–Trinajstić information content (AvgIpc) is 2.77. The number of rotatable bonds is 4. The highest BCUT2D eigenvalue weighted by molar-refractivity contribution is 5.04. The number of likely N-dealkylation sites (tertiary alicyclic amines) is 1. The Balaban J connectivity index is 1.64. The summed E-state index contributed by atoms with van der Waals surface area (Å²) in [4.78, 5) is 2.39. The number of nitrogens with one attached hydrogen (secondary N) is 1. The third kappa shape index (κ3) is 2.59. The second-order valence-corrected chi connectivity index (χ2v) is 4.18. The van der Waals surface area contributed by atoms with Crippen LogP contribution in [0.2, 0.25) is 0 Å². The molecule has 0 aliphatic carbocycles. The van der Waals surface area contributed by atoms with E-state index in [2.05, 4.69) is 17.3 Å². The fraction of sp³-hybridized carbons (Fsp3) is 0.636. The van der Waals surface area contributed by atoms with Crippen molar-refractivity contribution in [3.05, 3.63) is 24.2 Å². The first-order chi connectivity index (χ1) is 6.84. The van der Waals surface area contributed by atoms with Gasteiger partial charge in [-0.25, -0.2) is 0 Å². The van der Waals surface area contributed by atoms with Gasteiger partial charge in [-0.1, -0.05) is 0 Å². The fourth-order valence-corrected chi connectivity index (χ4v) is 2.01. The predicted octanol–water partition coefficient (Wildman–Crippen LogP) is 1.32. The molecule has 1 fully saturated rings. The molecular weight excluding hydrogens is 176 g/mol. The molecule has 1 aliphatic rings. The lowest BCUT2D eigenvalue weighted by Gasteiger charge is -2.10. The van der Waals surface area contributed by atoms with Crippen molar-refractivity contribution < 1.29 is 4.42 Å². The highest BCUT2D eigenvalue weighted by atomic mass is 16.3. The Kier molecular flexibility index (Phi) is 3.22. The Labute approximate surface area is 85.1 Å². The van der Waals surface area contributed by atoms with Crippen LogP contribution < -0.4 is 5.32 Å². The van der Waals surface area contributed by atoms with Gasteiger partial charge in [0.05, 0.1) is 12.5 Å². The molecule has 78 valence electrons. The van der Waals surface area contributed by atoms with E-state index in [0.29, 0.717) is 0 Å². The van der Waals surface area contributed by atoms with Crippen LogP contribution in [0.4, 0.5) is 0 Å². The van der Waals surface area contributed by atoms with Gasteiger partial charge in [0.1, 0.15) is 0 Å². The summed E-state index contributed by atoms with van der Waals surface area (Å²) in [5.74, 6) is 0.826. The number of nitrogens with zero attached hydrogens (tertiary/aromatic N) is 1. The Morgan fingerprint density at radius 3 is 3.21 bits per heavy atom. The summed E-state index contributed by atoms with van der Waals surface area (Å²) >= 11 is 0. The van der Waals surface area contributed by atoms with E-state index >= 15 is 0 Å². The smallest absolute Gasteiger partial charge is 0.0947 e. The fourth-order valence-electron chi connectivity index (χ4n) is 2.01. The van der Waals surface area contributed by atoms with Crippen LogP contribution in [0.15, 0.2) is 23.0 Å². The second-order valence-electron chi connectivity index (χ2n) is 4.18. The van der Waals surface area contributed by atoms with Gasteiger partial charge in [0.25, 0.3) is 0 Å². The first-order valence-corrected chi connectivity index (χ1v) is 5.25. The summed E-state index contributed by atoms with van der Waals surface area (Å²) in [6, 6.07) is 2.01. The van der Waals surface area contributed by atoms with Gasteiger partial charge in [0, 0.05) is 18.7 Å². The molecule has 0 bridgehead atoms. The molecule has 1 aromatic rings. The van der Waals surface area contributed by atoms with Crippen LogP contribution in [-0.4, -0.2) is 31.6 Å². The molecule has 0 spiro atoms. The lowest BCUT2D eigenvalue weighted by molar-refractivity contribution is 0.388. The summed E-state index contributed by atoms with van der Waals surface area (Å²) < 4.78 is 5.01. The van der Waals surface area contributed by atoms with Crippen molar-refractivity contribution in [1.29, 1.82) is 0 Å². The minimum Gasteiger partial charge on any atom is -0.472 e. The zero-order valence-electron chi connectivity index (χ0n) is 8.70. The molecule has 0 amide bonds. The molecule has 3 nitrogen and oxygen atoms in total. The van der Waals surface area contributed by atoms with Crippen LogP contribution in [-0.2, 0) is 6.54 Å². The average molecular weight is 194 g/mol. The SMILES string of the molecule is CN1CCC(CNCc2ccoc2)C1. The van der Waals surface area contributed by atoms with Crippen molar-refractivity contribution in [3.63, 3.8) is 0 Å². The van der Waals surface area contributed by atoms with Crippen molar-refractivity contribution in [2.24, 2.45) is 5.92 Å². The van der Waals surface area contributed by atoms with E-state index in [1.54, 1.807) is 12.5 Å². The molecule has 0 radical (unpaired) electrons. The maximum absolute atomic E-state index is 5.01. The molecule has 1 atom stereocenters. The predicted molar refractivity (Wildman–Crippen MR) is 56.0 cm³/mol. The molecule has 2 rings (SSSR count). The normalized spacial score (nSPS) is 23.1. The van der Waals surface area contributed by atoms with Gasteiger partial charge in [-0.15, -0.1) is 0 Å². The Morgan fingerprint density at radius 1 is 1.64 bits per heavy atom. The Morgan fingerprint density at radius 2 is 2.57 bits per heavy atom. The van der Waals surface area contributed by atoms with Gasteiger partial charge in [0.15, 0.2) is 0 Å². The van der Waals surface area contributed by atoms with E-state index in [4.69, 9.17) is 4.42 Å². The number of hydrogen-bond acceptors (Lipinski definition) is 3. The molecule has 1 unspecified atom stereocenters. The van der Waals surface area contributed by atoms with Crippen molar-refractivity contribution >= 4 is 0 Å². The second kappa shape index (κ2) is 4.62. The molecule has 1 N–H and O–H groups in total. The third-order valence-electron chi connectivity index (χ3n) is 2.83. The van der Waals surface area contributed by atoms with E-state index in [0.717, 1.165) is 19.0 Å². The lowest BCUT2D eigenvalue weighted by atomic mass is 10.1. The quantitative estimate of drug-likeness (QED) is 0.783. The van der Waals surface area contributed by atoms with E-state index in [-0.39, 0.29) is 0 Å². The Bertz CT molecular complexity index is 258. The minimum absolute atomic E-state index is 0.826. The summed E-state index contributed by atoms with van der Waals surface area (Å²) in [5.41, 5.74) is 1.23. The molecular formula is C11H18N2O. The van der Waals surface area contributed by atoms with Crippen LogP contribution in [0.5, 0.6) is 0 Å². The van der Waals surface area contributed by atoms with E-state index in [1.165, 1.54) is 25.1 Å². The molecule has 1 saturated heterocycles. The van der Waals surface area contributed by atoms with Crippen molar-refractivity contribution in [2.45, 2.75) is 13.0 Å². The lowest BCUT2D eigenvalue weighted by Crippen LogP contribution is -2.24. The molecule has 0 saturated carbocycles. The van der Waals surface area contributed by atoms with Crippen molar-refractivity contribution in [2.75, 3.05) is 26.7 Å². The number of furan rings is 1. The zero-order valence-corrected chi connectivity index (χ0v) is 8.70. The van der Waals surface area contributed by atoms with Crippen LogP contribution in [0, 0.1) is 5.92 Å². The van der Waals surface area contributed by atoms with Crippen LogP contribution in [0.3, 0.4) is 0 Å².